The van der Waals surface area contributed by atoms with Crippen LogP contribution in [0.2, 0.25) is 0 Å². The Morgan fingerprint density at radius 1 is 0.794 bits per heavy atom. The second-order valence-corrected chi connectivity index (χ2v) is 7.74. The van der Waals surface area contributed by atoms with Crippen LogP contribution in [-0.4, -0.2) is 32.9 Å². The first-order valence-corrected chi connectivity index (χ1v) is 10.8. The summed E-state index contributed by atoms with van der Waals surface area (Å²) in [4.78, 5) is 36.0. The van der Waals surface area contributed by atoms with Gasteiger partial charge in [-0.25, -0.2) is 9.97 Å². The summed E-state index contributed by atoms with van der Waals surface area (Å²) in [5.41, 5.74) is 1.18. The molecule has 4 aromatic rings. The van der Waals surface area contributed by atoms with Crippen LogP contribution in [0.15, 0.2) is 60.4 Å². The molecule has 0 N–H and O–H groups in total. The Kier molecular flexibility index (Phi) is 5.05. The minimum absolute atomic E-state index is 0.298. The van der Waals surface area contributed by atoms with E-state index in [1.54, 1.807) is 30.3 Å². The van der Waals surface area contributed by atoms with Crippen molar-refractivity contribution in [2.45, 2.75) is 13.8 Å². The van der Waals surface area contributed by atoms with E-state index in [2.05, 4.69) is 0 Å². The first kappa shape index (κ1) is 21.3. The maximum absolute atomic E-state index is 12.0. The van der Waals surface area contributed by atoms with Gasteiger partial charge in [0.2, 0.25) is 0 Å². The molecule has 0 radical (unpaired) electrons. The molecule has 0 unspecified atom stereocenters. The molecule has 0 aliphatic carbocycles. The molecule has 1 aromatic heterocycles. The molecule has 0 atom stereocenters. The minimum Gasteiger partial charge on any atom is -0.310 e. The fraction of sp³-hybridized carbons (Fsp3) is 0.167. The van der Waals surface area contributed by atoms with Gasteiger partial charge in [0.25, 0.3) is 11.4 Å². The predicted molar refractivity (Wildman–Crippen MR) is 131 cm³/mol. The normalized spacial score (nSPS) is 12.9. The summed E-state index contributed by atoms with van der Waals surface area (Å²) in [5.74, 6) is 2.02. The van der Waals surface area contributed by atoms with Gasteiger partial charge in [-0.15, -0.1) is 0 Å². The largest absolute Gasteiger partial charge is 0.310 e. The maximum atomic E-state index is 12.0. The number of para-hydroxylation sites is 2. The zero-order valence-corrected chi connectivity index (χ0v) is 18.5. The second-order valence-electron chi connectivity index (χ2n) is 7.74. The van der Waals surface area contributed by atoms with E-state index in [1.165, 1.54) is 0 Å². The van der Waals surface area contributed by atoms with Gasteiger partial charge in [-0.2, -0.15) is 0 Å². The number of nitro groups is 2. The molecule has 34 heavy (non-hydrogen) atoms. The van der Waals surface area contributed by atoms with E-state index in [0.717, 1.165) is 17.1 Å². The van der Waals surface area contributed by atoms with Crippen molar-refractivity contribution in [3.05, 3.63) is 86.2 Å². The predicted octanol–water partition coefficient (Wildman–Crippen LogP) is 5.26. The molecule has 5 rings (SSSR count). The van der Waals surface area contributed by atoms with Crippen molar-refractivity contribution >= 4 is 50.9 Å². The molecular formula is C24H20N6O4. The van der Waals surface area contributed by atoms with Crippen molar-refractivity contribution < 1.29 is 9.85 Å². The van der Waals surface area contributed by atoms with Crippen molar-refractivity contribution in [1.82, 2.24) is 9.97 Å². The molecule has 3 aromatic carbocycles. The van der Waals surface area contributed by atoms with Gasteiger partial charge in [-0.05, 0) is 38.1 Å². The Hall–Kier alpha value is -4.60. The van der Waals surface area contributed by atoms with Crippen LogP contribution in [0.1, 0.15) is 19.4 Å². The highest BCUT2D eigenvalue weighted by molar-refractivity contribution is 6.01. The Labute approximate surface area is 194 Å². The van der Waals surface area contributed by atoms with Gasteiger partial charge in [0.15, 0.2) is 11.6 Å². The molecule has 0 amide bonds. The number of nitro benzene ring substituents is 2. The Bertz CT molecular complexity index is 1460. The van der Waals surface area contributed by atoms with Gasteiger partial charge in [0.1, 0.15) is 5.82 Å². The van der Waals surface area contributed by atoms with Crippen molar-refractivity contribution in [1.29, 1.82) is 0 Å². The quantitative estimate of drug-likeness (QED) is 0.294. The standard InChI is InChI=1S/C24H20N6O4/c1-3-27-22(28(4-2)24-23(27)25-18-11-7-8-12-19(18)26-24)13-17-15-9-5-6-10-16(15)20(29(31)32)14-21(17)30(33)34/h5-14H,3-4H2,1-2H3. The average Bonchev–Trinajstić information content (AvgIpc) is 3.13. The van der Waals surface area contributed by atoms with Crippen LogP contribution in [0.25, 0.3) is 27.9 Å². The van der Waals surface area contributed by atoms with Crippen molar-refractivity contribution in [2.75, 3.05) is 22.9 Å². The van der Waals surface area contributed by atoms with Crippen LogP contribution in [0.4, 0.5) is 23.0 Å². The first-order valence-electron chi connectivity index (χ1n) is 10.8. The zero-order valence-electron chi connectivity index (χ0n) is 18.5. The van der Waals surface area contributed by atoms with Gasteiger partial charge in [-0.3, -0.25) is 20.2 Å². The summed E-state index contributed by atoms with van der Waals surface area (Å²) >= 11 is 0. The topological polar surface area (TPSA) is 119 Å². The monoisotopic (exact) mass is 456 g/mol. The van der Waals surface area contributed by atoms with E-state index in [1.807, 2.05) is 47.9 Å². The molecule has 170 valence electrons. The lowest BCUT2D eigenvalue weighted by Crippen LogP contribution is -2.28. The van der Waals surface area contributed by atoms with Crippen LogP contribution in [-0.2, 0) is 0 Å². The summed E-state index contributed by atoms with van der Waals surface area (Å²) in [5, 5.41) is 24.4. The Morgan fingerprint density at radius 2 is 1.29 bits per heavy atom. The smallest absolute Gasteiger partial charge is 0.284 e. The van der Waals surface area contributed by atoms with Crippen molar-refractivity contribution in [3.8, 4) is 0 Å². The van der Waals surface area contributed by atoms with Crippen molar-refractivity contribution in [2.24, 2.45) is 0 Å². The molecule has 0 saturated heterocycles. The van der Waals surface area contributed by atoms with Crippen LogP contribution in [0, 0.1) is 20.2 Å². The van der Waals surface area contributed by atoms with E-state index in [4.69, 9.17) is 9.97 Å². The number of aromatic nitrogens is 2. The molecule has 0 saturated carbocycles. The van der Waals surface area contributed by atoms with Crippen LogP contribution < -0.4 is 9.80 Å². The van der Waals surface area contributed by atoms with Crippen LogP contribution in [0.5, 0.6) is 0 Å². The highest BCUT2D eigenvalue weighted by Crippen LogP contribution is 2.43. The summed E-state index contributed by atoms with van der Waals surface area (Å²) < 4.78 is 0. The number of benzene rings is 3. The highest BCUT2D eigenvalue weighted by atomic mass is 16.6. The molecule has 10 nitrogen and oxygen atoms in total. The maximum Gasteiger partial charge on any atom is 0.284 e. The van der Waals surface area contributed by atoms with Crippen LogP contribution in [0.3, 0.4) is 0 Å². The molecule has 1 aliphatic rings. The van der Waals surface area contributed by atoms with Gasteiger partial charge in [0, 0.05) is 18.5 Å². The SMILES string of the molecule is CCN1C(=Cc2c([N+](=O)[O-])cc([N+](=O)[O-])c3ccccc23)N(CC)c2nc3ccccc3nc21. The lowest BCUT2D eigenvalue weighted by molar-refractivity contribution is -0.393. The first-order chi connectivity index (χ1) is 16.4. The Morgan fingerprint density at radius 3 is 1.79 bits per heavy atom. The second kappa shape index (κ2) is 8.07. The number of nitrogens with zero attached hydrogens (tertiary/aromatic N) is 6. The number of rotatable bonds is 5. The fourth-order valence-electron chi connectivity index (χ4n) is 4.43. The number of hydrogen-bond donors (Lipinski definition) is 0. The van der Waals surface area contributed by atoms with Gasteiger partial charge in [-0.1, -0.05) is 30.3 Å². The molecule has 0 spiro atoms. The van der Waals surface area contributed by atoms with Gasteiger partial charge < -0.3 is 9.80 Å². The van der Waals surface area contributed by atoms with E-state index in [9.17, 15) is 20.2 Å². The average molecular weight is 456 g/mol. The van der Waals surface area contributed by atoms with E-state index in [0.29, 0.717) is 46.9 Å². The molecular weight excluding hydrogens is 436 g/mol. The van der Waals surface area contributed by atoms with E-state index in [-0.39, 0.29) is 11.4 Å². The number of non-ortho nitro benzene ring substituents is 1. The summed E-state index contributed by atoms with van der Waals surface area (Å²) in [7, 11) is 0. The zero-order chi connectivity index (χ0) is 24.0. The van der Waals surface area contributed by atoms with Crippen molar-refractivity contribution in [3.63, 3.8) is 0 Å². The third-order valence-electron chi connectivity index (χ3n) is 5.94. The third kappa shape index (κ3) is 3.19. The number of hydrogen-bond acceptors (Lipinski definition) is 8. The van der Waals surface area contributed by atoms with Gasteiger partial charge in [0.05, 0.1) is 37.9 Å². The molecule has 10 heteroatoms. The van der Waals surface area contributed by atoms with Gasteiger partial charge >= 0.3 is 0 Å². The minimum atomic E-state index is -0.590. The van der Waals surface area contributed by atoms with Crippen LogP contribution >= 0.6 is 0 Å². The summed E-state index contributed by atoms with van der Waals surface area (Å²) in [6.45, 7) is 5.05. The number of anilines is 2. The molecule has 2 heterocycles. The third-order valence-corrected chi connectivity index (χ3v) is 5.94. The molecule has 1 aliphatic heterocycles. The lowest BCUT2D eigenvalue weighted by atomic mass is 10.0. The summed E-state index contributed by atoms with van der Waals surface area (Å²) in [6.07, 6.45) is 1.71. The molecule has 0 fully saturated rings. The highest BCUT2D eigenvalue weighted by Gasteiger charge is 2.34. The van der Waals surface area contributed by atoms with E-state index >= 15 is 0 Å². The van der Waals surface area contributed by atoms with E-state index < -0.39 is 9.85 Å². The number of fused-ring (bicyclic) bond motifs is 3. The lowest BCUT2D eigenvalue weighted by Gasteiger charge is -2.22. The Balaban J connectivity index is 1.80. The molecule has 0 bridgehead atoms. The summed E-state index contributed by atoms with van der Waals surface area (Å²) in [6, 6.07) is 15.3. The fourth-order valence-corrected chi connectivity index (χ4v) is 4.43.